The molecule has 1 atom stereocenters. The quantitative estimate of drug-likeness (QED) is 0.0261. The number of esters is 3. The molecule has 6 nitrogen and oxygen atoms in total. The van der Waals surface area contributed by atoms with Gasteiger partial charge in [-0.2, -0.15) is 0 Å². The summed E-state index contributed by atoms with van der Waals surface area (Å²) in [5, 5.41) is 0. The molecule has 0 aromatic rings. The first-order valence-corrected chi connectivity index (χ1v) is 34.2. The fourth-order valence-corrected chi connectivity index (χ4v) is 10.6. The van der Waals surface area contributed by atoms with E-state index in [9.17, 15) is 14.4 Å². The summed E-state index contributed by atoms with van der Waals surface area (Å²) < 4.78 is 16.9. The van der Waals surface area contributed by atoms with E-state index >= 15 is 0 Å². The van der Waals surface area contributed by atoms with E-state index in [2.05, 4.69) is 32.9 Å². The van der Waals surface area contributed by atoms with Crippen LogP contribution in [-0.4, -0.2) is 37.2 Å². The molecule has 0 spiro atoms. The van der Waals surface area contributed by atoms with Crippen molar-refractivity contribution in [3.63, 3.8) is 0 Å². The molecule has 0 bridgehead atoms. The number of ether oxygens (including phenoxy) is 3. The molecule has 75 heavy (non-hydrogen) atoms. The molecule has 0 radical (unpaired) electrons. The Morgan fingerprint density at radius 2 is 0.440 bits per heavy atom. The zero-order chi connectivity index (χ0) is 54.3. The third kappa shape index (κ3) is 62.9. The second-order valence-electron chi connectivity index (χ2n) is 23.5. The van der Waals surface area contributed by atoms with Crippen LogP contribution in [0.2, 0.25) is 0 Å². The lowest BCUT2D eigenvalue weighted by atomic mass is 10.0. The van der Waals surface area contributed by atoms with Crippen molar-refractivity contribution in [3.05, 3.63) is 12.2 Å². The Balaban J connectivity index is 3.98. The molecule has 0 aromatic heterocycles. The molecule has 0 fully saturated rings. The van der Waals surface area contributed by atoms with Crippen LogP contribution < -0.4 is 0 Å². The van der Waals surface area contributed by atoms with Gasteiger partial charge in [-0.25, -0.2) is 0 Å². The summed E-state index contributed by atoms with van der Waals surface area (Å²) in [5.41, 5.74) is 0. The van der Waals surface area contributed by atoms with Crippen molar-refractivity contribution in [1.29, 1.82) is 0 Å². The third-order valence-corrected chi connectivity index (χ3v) is 15.8. The Labute approximate surface area is 469 Å². The van der Waals surface area contributed by atoms with Crippen molar-refractivity contribution in [2.45, 2.75) is 399 Å². The average Bonchev–Trinajstić information content (AvgIpc) is 3.41. The molecule has 0 rings (SSSR count). The molecule has 0 saturated carbocycles. The zero-order valence-electron chi connectivity index (χ0n) is 51.1. The molecule has 6 heteroatoms. The largest absolute Gasteiger partial charge is 0.462 e. The summed E-state index contributed by atoms with van der Waals surface area (Å²) in [6.07, 6.45) is 77.1. The highest BCUT2D eigenvalue weighted by atomic mass is 16.6. The van der Waals surface area contributed by atoms with Crippen molar-refractivity contribution in [1.82, 2.24) is 0 Å². The summed E-state index contributed by atoms with van der Waals surface area (Å²) in [5.74, 6) is -0.845. The molecule has 0 heterocycles. The molecule has 0 saturated heterocycles. The van der Waals surface area contributed by atoms with Crippen molar-refractivity contribution >= 4 is 17.9 Å². The number of allylic oxidation sites excluding steroid dienone is 2. The van der Waals surface area contributed by atoms with Crippen LogP contribution >= 0.6 is 0 Å². The molecule has 0 aromatic carbocycles. The van der Waals surface area contributed by atoms with Crippen LogP contribution in [0.4, 0.5) is 0 Å². The number of hydrogen-bond acceptors (Lipinski definition) is 6. The highest BCUT2D eigenvalue weighted by Gasteiger charge is 2.19. The van der Waals surface area contributed by atoms with Gasteiger partial charge in [-0.05, 0) is 44.9 Å². The van der Waals surface area contributed by atoms with Gasteiger partial charge in [-0.1, -0.05) is 341 Å². The Morgan fingerprint density at radius 3 is 0.667 bits per heavy atom. The first kappa shape index (κ1) is 73.2. The minimum Gasteiger partial charge on any atom is -0.462 e. The van der Waals surface area contributed by atoms with Crippen LogP contribution in [0.1, 0.15) is 393 Å². The summed E-state index contributed by atoms with van der Waals surface area (Å²) in [7, 11) is 0. The van der Waals surface area contributed by atoms with Crippen LogP contribution in [0.15, 0.2) is 12.2 Å². The maximum atomic E-state index is 12.9. The second-order valence-corrected chi connectivity index (χ2v) is 23.5. The van der Waals surface area contributed by atoms with Gasteiger partial charge in [0, 0.05) is 19.3 Å². The molecule has 0 amide bonds. The fraction of sp³-hybridized carbons (Fsp3) is 0.928. The molecular formula is C69H132O6. The van der Waals surface area contributed by atoms with Crippen LogP contribution in [0.25, 0.3) is 0 Å². The Morgan fingerprint density at radius 1 is 0.253 bits per heavy atom. The van der Waals surface area contributed by atoms with Gasteiger partial charge >= 0.3 is 17.9 Å². The van der Waals surface area contributed by atoms with Gasteiger partial charge in [-0.15, -0.1) is 0 Å². The van der Waals surface area contributed by atoms with E-state index in [1.807, 2.05) is 0 Å². The lowest BCUT2D eigenvalue weighted by Gasteiger charge is -2.18. The molecular weight excluding hydrogens is 925 g/mol. The van der Waals surface area contributed by atoms with E-state index in [1.165, 1.54) is 295 Å². The number of carbonyl (C=O) groups excluding carboxylic acids is 3. The van der Waals surface area contributed by atoms with Gasteiger partial charge in [0.1, 0.15) is 13.2 Å². The van der Waals surface area contributed by atoms with E-state index in [0.29, 0.717) is 19.3 Å². The molecule has 0 aliphatic carbocycles. The Hall–Kier alpha value is -1.85. The Kier molecular flexibility index (Phi) is 63.1. The first-order chi connectivity index (χ1) is 37.0. The standard InChI is InChI=1S/C69H132O6/c1-4-7-10-13-16-18-20-22-24-26-28-30-32-34-36-37-39-41-43-45-47-49-51-53-56-59-62-68(71)74-65-66(64-73-67(70)61-58-55-15-12-9-6-3)75-69(72)63-60-57-54-52-50-48-46-44-42-40-38-35-33-31-29-27-25-23-21-19-17-14-11-8-5-2/h27,29,66H,4-26,28,30-65H2,1-3H3/b29-27-. The van der Waals surface area contributed by atoms with Crippen LogP contribution in [-0.2, 0) is 28.6 Å². The van der Waals surface area contributed by atoms with Gasteiger partial charge in [-0.3, -0.25) is 14.4 Å². The van der Waals surface area contributed by atoms with E-state index in [0.717, 1.165) is 57.8 Å². The number of rotatable bonds is 64. The highest BCUT2D eigenvalue weighted by molar-refractivity contribution is 5.71. The van der Waals surface area contributed by atoms with E-state index in [4.69, 9.17) is 14.2 Å². The molecule has 0 N–H and O–H groups in total. The van der Waals surface area contributed by atoms with Crippen LogP contribution in [0.5, 0.6) is 0 Å². The van der Waals surface area contributed by atoms with Gasteiger partial charge < -0.3 is 14.2 Å². The first-order valence-electron chi connectivity index (χ1n) is 34.2. The summed E-state index contributed by atoms with van der Waals surface area (Å²) in [4.78, 5) is 38.1. The van der Waals surface area contributed by atoms with Gasteiger partial charge in [0.15, 0.2) is 6.10 Å². The molecule has 0 aliphatic heterocycles. The van der Waals surface area contributed by atoms with Gasteiger partial charge in [0.25, 0.3) is 0 Å². The van der Waals surface area contributed by atoms with Crippen molar-refractivity contribution < 1.29 is 28.6 Å². The normalized spacial score (nSPS) is 12.0. The average molecular weight is 1060 g/mol. The van der Waals surface area contributed by atoms with Crippen molar-refractivity contribution in [2.24, 2.45) is 0 Å². The van der Waals surface area contributed by atoms with E-state index in [1.54, 1.807) is 0 Å². The molecule has 444 valence electrons. The van der Waals surface area contributed by atoms with Crippen LogP contribution in [0.3, 0.4) is 0 Å². The minimum atomic E-state index is -0.764. The van der Waals surface area contributed by atoms with E-state index < -0.39 is 6.10 Å². The smallest absolute Gasteiger partial charge is 0.306 e. The predicted molar refractivity (Wildman–Crippen MR) is 326 cm³/mol. The van der Waals surface area contributed by atoms with Crippen molar-refractivity contribution in [3.8, 4) is 0 Å². The molecule has 0 aliphatic rings. The molecule has 1 unspecified atom stereocenters. The summed E-state index contributed by atoms with van der Waals surface area (Å²) >= 11 is 0. The SMILES string of the molecule is CCCCCCCCCC/C=C\CCCCCCCCCCCCCCCC(=O)OC(COC(=O)CCCCCCCC)COC(=O)CCCCCCCCCCCCCCCCCCCCCCCCCCCC. The maximum Gasteiger partial charge on any atom is 0.306 e. The lowest BCUT2D eigenvalue weighted by Crippen LogP contribution is -2.30. The number of hydrogen-bond donors (Lipinski definition) is 0. The monoisotopic (exact) mass is 1060 g/mol. The predicted octanol–water partition coefficient (Wildman–Crippen LogP) is 23.2. The second kappa shape index (κ2) is 64.7. The highest BCUT2D eigenvalue weighted by Crippen LogP contribution is 2.19. The van der Waals surface area contributed by atoms with E-state index in [-0.39, 0.29) is 31.1 Å². The number of carbonyl (C=O) groups is 3. The summed E-state index contributed by atoms with van der Waals surface area (Å²) in [6.45, 7) is 6.66. The minimum absolute atomic E-state index is 0.0641. The fourth-order valence-electron chi connectivity index (χ4n) is 10.6. The zero-order valence-corrected chi connectivity index (χ0v) is 51.1. The van der Waals surface area contributed by atoms with Gasteiger partial charge in [0.2, 0.25) is 0 Å². The maximum absolute atomic E-state index is 12.9. The van der Waals surface area contributed by atoms with Crippen molar-refractivity contribution in [2.75, 3.05) is 13.2 Å². The summed E-state index contributed by atoms with van der Waals surface area (Å²) in [6, 6.07) is 0. The topological polar surface area (TPSA) is 78.9 Å². The van der Waals surface area contributed by atoms with Crippen LogP contribution in [0, 0.1) is 0 Å². The Bertz CT molecular complexity index is 1170. The lowest BCUT2D eigenvalue weighted by molar-refractivity contribution is -0.167. The number of unbranched alkanes of at least 4 members (excludes halogenated alkanes) is 51. The van der Waals surface area contributed by atoms with Gasteiger partial charge in [0.05, 0.1) is 0 Å². The third-order valence-electron chi connectivity index (χ3n) is 15.8.